The van der Waals surface area contributed by atoms with Crippen molar-refractivity contribution in [3.05, 3.63) is 34.9 Å². The Balaban J connectivity index is 2.51. The molecule has 0 spiro atoms. The monoisotopic (exact) mass is 240 g/mol. The van der Waals surface area contributed by atoms with Gasteiger partial charge in [-0.1, -0.05) is 23.7 Å². The number of alkyl halides is 4. The van der Waals surface area contributed by atoms with Gasteiger partial charge in [0, 0.05) is 5.02 Å². The quantitative estimate of drug-likeness (QED) is 0.696. The molecule has 1 aromatic rings. The van der Waals surface area contributed by atoms with Crippen LogP contribution in [0.25, 0.3) is 0 Å². The minimum atomic E-state index is -4.77. The minimum Gasteiger partial charge on any atom is -0.237 e. The third-order valence-electron chi connectivity index (χ3n) is 1.93. The van der Waals surface area contributed by atoms with E-state index in [4.69, 9.17) is 11.6 Å². The highest BCUT2D eigenvalue weighted by molar-refractivity contribution is 6.30. The van der Waals surface area contributed by atoms with Gasteiger partial charge in [-0.25, -0.2) is 4.39 Å². The Morgan fingerprint density at radius 2 is 1.93 bits per heavy atom. The number of halogens is 5. The van der Waals surface area contributed by atoms with Gasteiger partial charge in [0.25, 0.3) is 0 Å². The van der Waals surface area contributed by atoms with E-state index >= 15 is 0 Å². The molecule has 15 heavy (non-hydrogen) atoms. The average molecular weight is 241 g/mol. The van der Waals surface area contributed by atoms with Gasteiger partial charge < -0.3 is 0 Å². The second kappa shape index (κ2) is 4.84. The Hall–Kier alpha value is -0.770. The van der Waals surface area contributed by atoms with E-state index < -0.39 is 18.8 Å². The lowest BCUT2D eigenvalue weighted by molar-refractivity contribution is -0.181. The first kappa shape index (κ1) is 12.3. The molecule has 0 amide bonds. The molecule has 0 radical (unpaired) electrons. The van der Waals surface area contributed by atoms with Gasteiger partial charge in [0.2, 0.25) is 0 Å². The van der Waals surface area contributed by atoms with Gasteiger partial charge in [0.05, 0.1) is 0 Å². The molecule has 0 aliphatic heterocycles. The Kier molecular flexibility index (Phi) is 3.97. The SMILES string of the molecule is FC(CCc1cccc(Cl)c1)C(F)(F)F. The van der Waals surface area contributed by atoms with Crippen LogP contribution in [-0.2, 0) is 6.42 Å². The lowest BCUT2D eigenvalue weighted by Crippen LogP contribution is -2.24. The van der Waals surface area contributed by atoms with Crippen molar-refractivity contribution in [3.63, 3.8) is 0 Å². The van der Waals surface area contributed by atoms with E-state index in [1.165, 1.54) is 6.07 Å². The van der Waals surface area contributed by atoms with Crippen molar-refractivity contribution in [1.29, 1.82) is 0 Å². The number of rotatable bonds is 3. The normalized spacial score (nSPS) is 13.9. The van der Waals surface area contributed by atoms with Crippen molar-refractivity contribution < 1.29 is 17.6 Å². The van der Waals surface area contributed by atoms with Crippen molar-refractivity contribution in [2.75, 3.05) is 0 Å². The van der Waals surface area contributed by atoms with Crippen LogP contribution in [0.3, 0.4) is 0 Å². The number of hydrogen-bond acceptors (Lipinski definition) is 0. The summed E-state index contributed by atoms with van der Waals surface area (Å²) in [5.41, 5.74) is 0.606. The topological polar surface area (TPSA) is 0 Å². The van der Waals surface area contributed by atoms with Crippen molar-refractivity contribution in [2.24, 2.45) is 0 Å². The van der Waals surface area contributed by atoms with E-state index in [0.29, 0.717) is 10.6 Å². The average Bonchev–Trinajstić information content (AvgIpc) is 2.12. The Bertz CT molecular complexity index is 321. The molecule has 0 saturated carbocycles. The molecule has 0 aliphatic rings. The summed E-state index contributed by atoms with van der Waals surface area (Å²) in [7, 11) is 0. The van der Waals surface area contributed by atoms with Crippen LogP contribution in [0, 0.1) is 0 Å². The molecule has 1 aromatic carbocycles. The zero-order chi connectivity index (χ0) is 11.5. The molecule has 0 nitrogen and oxygen atoms in total. The minimum absolute atomic E-state index is 0.0290. The van der Waals surface area contributed by atoms with Crippen molar-refractivity contribution in [3.8, 4) is 0 Å². The predicted octanol–water partition coefficient (Wildman–Crippen LogP) is 4.17. The second-order valence-electron chi connectivity index (χ2n) is 3.18. The zero-order valence-corrected chi connectivity index (χ0v) is 8.45. The molecule has 84 valence electrons. The highest BCUT2D eigenvalue weighted by atomic mass is 35.5. The maximum Gasteiger partial charge on any atom is 0.419 e. The maximum absolute atomic E-state index is 12.5. The van der Waals surface area contributed by atoms with Crippen LogP contribution in [-0.4, -0.2) is 12.3 Å². The van der Waals surface area contributed by atoms with Gasteiger partial charge >= 0.3 is 6.18 Å². The Morgan fingerprint density at radius 1 is 1.27 bits per heavy atom. The van der Waals surface area contributed by atoms with E-state index in [-0.39, 0.29) is 6.42 Å². The summed E-state index contributed by atoms with van der Waals surface area (Å²) in [6.45, 7) is 0. The summed E-state index contributed by atoms with van der Waals surface area (Å²) >= 11 is 5.63. The summed E-state index contributed by atoms with van der Waals surface area (Å²) in [4.78, 5) is 0. The highest BCUT2D eigenvalue weighted by Crippen LogP contribution is 2.26. The van der Waals surface area contributed by atoms with Crippen LogP contribution in [0.5, 0.6) is 0 Å². The smallest absolute Gasteiger partial charge is 0.237 e. The first-order chi connectivity index (χ1) is 6.89. The third-order valence-corrected chi connectivity index (χ3v) is 2.17. The molecule has 0 N–H and O–H groups in total. The number of benzene rings is 1. The van der Waals surface area contributed by atoms with Gasteiger partial charge in [-0.2, -0.15) is 13.2 Å². The molecule has 0 bridgehead atoms. The summed E-state index contributed by atoms with van der Waals surface area (Å²) in [6, 6.07) is 6.39. The van der Waals surface area contributed by atoms with E-state index in [9.17, 15) is 17.6 Å². The second-order valence-corrected chi connectivity index (χ2v) is 3.61. The van der Waals surface area contributed by atoms with Crippen LogP contribution < -0.4 is 0 Å². The molecule has 5 heteroatoms. The van der Waals surface area contributed by atoms with Gasteiger partial charge in [0.1, 0.15) is 0 Å². The maximum atomic E-state index is 12.5. The summed E-state index contributed by atoms with van der Waals surface area (Å²) < 4.78 is 48.0. The number of aryl methyl sites for hydroxylation is 1. The standard InChI is InChI=1S/C10H9ClF4/c11-8-3-1-2-7(6-8)4-5-9(12)10(13,14)15/h1-3,6,9H,4-5H2. The first-order valence-corrected chi connectivity index (χ1v) is 4.72. The Labute approximate surface area is 89.9 Å². The molecule has 0 fully saturated rings. The fourth-order valence-corrected chi connectivity index (χ4v) is 1.36. The van der Waals surface area contributed by atoms with Gasteiger partial charge in [-0.15, -0.1) is 0 Å². The molecule has 0 saturated heterocycles. The molecule has 0 heterocycles. The lowest BCUT2D eigenvalue weighted by atomic mass is 10.1. The van der Waals surface area contributed by atoms with E-state index in [2.05, 4.69) is 0 Å². The molecular formula is C10H9ClF4. The fourth-order valence-electron chi connectivity index (χ4n) is 1.15. The van der Waals surface area contributed by atoms with E-state index in [1.54, 1.807) is 18.2 Å². The first-order valence-electron chi connectivity index (χ1n) is 4.35. The fraction of sp³-hybridized carbons (Fsp3) is 0.400. The van der Waals surface area contributed by atoms with Gasteiger partial charge in [-0.05, 0) is 30.5 Å². The van der Waals surface area contributed by atoms with Crippen molar-refractivity contribution in [2.45, 2.75) is 25.2 Å². The van der Waals surface area contributed by atoms with E-state index in [0.717, 1.165) is 0 Å². The van der Waals surface area contributed by atoms with Crippen LogP contribution in [0.2, 0.25) is 5.02 Å². The van der Waals surface area contributed by atoms with Crippen LogP contribution in [0.15, 0.2) is 24.3 Å². The lowest BCUT2D eigenvalue weighted by Gasteiger charge is -2.11. The molecule has 0 aliphatic carbocycles. The third kappa shape index (κ3) is 4.08. The molecule has 1 unspecified atom stereocenters. The Morgan fingerprint density at radius 3 is 2.47 bits per heavy atom. The molecule has 1 atom stereocenters. The van der Waals surface area contributed by atoms with Crippen molar-refractivity contribution >= 4 is 11.6 Å². The molecular weight excluding hydrogens is 232 g/mol. The van der Waals surface area contributed by atoms with Gasteiger partial charge in [-0.3, -0.25) is 0 Å². The predicted molar refractivity (Wildman–Crippen MR) is 50.7 cm³/mol. The summed E-state index contributed by atoms with van der Waals surface area (Å²) in [5.74, 6) is 0. The van der Waals surface area contributed by atoms with Crippen LogP contribution in [0.1, 0.15) is 12.0 Å². The molecule has 0 aromatic heterocycles. The summed E-state index contributed by atoms with van der Waals surface area (Å²) in [6.07, 6.45) is -8.07. The highest BCUT2D eigenvalue weighted by Gasteiger charge is 2.39. The molecule has 1 rings (SSSR count). The van der Waals surface area contributed by atoms with E-state index in [1.807, 2.05) is 0 Å². The van der Waals surface area contributed by atoms with Crippen LogP contribution >= 0.6 is 11.6 Å². The summed E-state index contributed by atoms with van der Waals surface area (Å²) in [5, 5.41) is 0.440. The zero-order valence-electron chi connectivity index (χ0n) is 7.69. The van der Waals surface area contributed by atoms with Crippen molar-refractivity contribution in [1.82, 2.24) is 0 Å². The number of hydrogen-bond donors (Lipinski definition) is 0. The largest absolute Gasteiger partial charge is 0.419 e. The van der Waals surface area contributed by atoms with Gasteiger partial charge in [0.15, 0.2) is 6.17 Å². The van der Waals surface area contributed by atoms with Crippen LogP contribution in [0.4, 0.5) is 17.6 Å².